The minimum Gasteiger partial charge on any atom is -0.508 e. The number of anilines is 2. The lowest BCUT2D eigenvalue weighted by Gasteiger charge is -2.37. The molecule has 0 aliphatic carbocycles. The molecule has 9 heteroatoms. The number of phenols is 1. The van der Waals surface area contributed by atoms with Gasteiger partial charge in [-0.05, 0) is 63.2 Å². The van der Waals surface area contributed by atoms with Crippen LogP contribution in [0.1, 0.15) is 36.9 Å². The smallest absolute Gasteiger partial charge is 0.318 e. The molecule has 2 unspecified atom stereocenters. The molecule has 38 heavy (non-hydrogen) atoms. The van der Waals surface area contributed by atoms with Gasteiger partial charge >= 0.3 is 6.01 Å². The largest absolute Gasteiger partial charge is 0.508 e. The molecule has 3 fully saturated rings. The number of aromatic nitrogens is 2. The molecule has 3 saturated heterocycles. The molecule has 200 valence electrons. The maximum atomic E-state index is 15.0. The molecule has 7 rings (SSSR count). The molecule has 1 aromatic heterocycles. The van der Waals surface area contributed by atoms with Crippen LogP contribution in [0.5, 0.6) is 11.8 Å². The van der Waals surface area contributed by atoms with Crippen LogP contribution in [0, 0.1) is 5.82 Å². The predicted octanol–water partition coefficient (Wildman–Crippen LogP) is 3.45. The van der Waals surface area contributed by atoms with Gasteiger partial charge in [0.25, 0.3) is 0 Å². The first kappa shape index (κ1) is 23.9. The number of rotatable bonds is 5. The van der Waals surface area contributed by atoms with Crippen molar-refractivity contribution in [2.24, 2.45) is 0 Å². The quantitative estimate of drug-likeness (QED) is 0.532. The Labute approximate surface area is 222 Å². The minimum atomic E-state index is -0.285. The fraction of sp³-hybridized carbons (Fsp3) is 0.517. The Morgan fingerprint density at radius 2 is 1.92 bits per heavy atom. The molecular weight excluding hydrogens is 483 g/mol. The number of likely N-dealkylation sites (N-methyl/N-ethyl adjacent to an activating group) is 1. The molecule has 3 aromatic rings. The van der Waals surface area contributed by atoms with Crippen molar-refractivity contribution in [2.75, 3.05) is 49.6 Å². The number of ether oxygens (including phenoxy) is 1. The highest BCUT2D eigenvalue weighted by Crippen LogP contribution is 2.38. The predicted molar refractivity (Wildman–Crippen MR) is 146 cm³/mol. The standard InChI is InChI=1S/C29H35FN6O2/c1-34-10-3-5-21(34)17-38-29-32-25-16-35(26-13-22(37)12-18-4-2-6-24(30)27(18)26)11-9-23(25)28(33-29)36-14-19-7-8-20(15-36)31-19/h2,4,6,12-13,19-21,31,37H,3,5,7-11,14-17H2,1H3/t19?,20?,21-/m0/s1. The zero-order valence-electron chi connectivity index (χ0n) is 21.9. The van der Waals surface area contributed by atoms with Crippen molar-refractivity contribution in [2.45, 2.75) is 56.8 Å². The summed E-state index contributed by atoms with van der Waals surface area (Å²) in [6.07, 6.45) is 5.47. The van der Waals surface area contributed by atoms with Gasteiger partial charge in [0.2, 0.25) is 0 Å². The molecule has 4 aliphatic heterocycles. The maximum absolute atomic E-state index is 15.0. The van der Waals surface area contributed by atoms with E-state index in [1.54, 1.807) is 18.2 Å². The van der Waals surface area contributed by atoms with Crippen LogP contribution in [-0.2, 0) is 13.0 Å². The van der Waals surface area contributed by atoms with Crippen molar-refractivity contribution >= 4 is 22.3 Å². The number of nitrogens with zero attached hydrogens (tertiary/aromatic N) is 5. The summed E-state index contributed by atoms with van der Waals surface area (Å²) >= 11 is 0. The van der Waals surface area contributed by atoms with E-state index in [2.05, 4.69) is 27.1 Å². The van der Waals surface area contributed by atoms with Crippen LogP contribution in [-0.4, -0.2) is 77.9 Å². The Hall–Kier alpha value is -3.17. The number of benzene rings is 2. The first-order valence-corrected chi connectivity index (χ1v) is 13.9. The zero-order valence-corrected chi connectivity index (χ0v) is 21.9. The van der Waals surface area contributed by atoms with Crippen molar-refractivity contribution in [3.63, 3.8) is 0 Å². The van der Waals surface area contributed by atoms with Gasteiger partial charge in [0.15, 0.2) is 0 Å². The maximum Gasteiger partial charge on any atom is 0.318 e. The number of nitrogens with one attached hydrogen (secondary N) is 1. The van der Waals surface area contributed by atoms with Crippen molar-refractivity contribution in [3.05, 3.63) is 47.4 Å². The number of fused-ring (bicyclic) bond motifs is 4. The molecule has 0 saturated carbocycles. The van der Waals surface area contributed by atoms with Crippen molar-refractivity contribution in [1.29, 1.82) is 0 Å². The van der Waals surface area contributed by atoms with Crippen LogP contribution in [0.15, 0.2) is 30.3 Å². The fourth-order valence-corrected chi connectivity index (χ4v) is 6.84. The van der Waals surface area contributed by atoms with Gasteiger partial charge < -0.3 is 29.9 Å². The SMILES string of the molecule is CN1CCC[C@H]1COc1nc2c(c(N3CC4CCC(C3)N4)n1)CCN(c1cc(O)cc3cccc(F)c13)C2. The second-order valence-corrected chi connectivity index (χ2v) is 11.4. The van der Waals surface area contributed by atoms with Gasteiger partial charge in [-0.25, -0.2) is 4.39 Å². The molecule has 2 N–H and O–H groups in total. The summed E-state index contributed by atoms with van der Waals surface area (Å²) in [6, 6.07) is 10.1. The molecule has 3 atom stereocenters. The van der Waals surface area contributed by atoms with E-state index in [0.29, 0.717) is 60.3 Å². The topological polar surface area (TPSA) is 77.0 Å². The Balaban J connectivity index is 1.24. The molecule has 8 nitrogen and oxygen atoms in total. The van der Waals surface area contributed by atoms with E-state index >= 15 is 0 Å². The third-order valence-electron chi connectivity index (χ3n) is 8.85. The monoisotopic (exact) mass is 518 g/mol. The lowest BCUT2D eigenvalue weighted by Crippen LogP contribution is -2.52. The van der Waals surface area contributed by atoms with E-state index in [1.165, 1.54) is 25.3 Å². The third-order valence-corrected chi connectivity index (χ3v) is 8.85. The highest BCUT2D eigenvalue weighted by molar-refractivity contribution is 5.96. The summed E-state index contributed by atoms with van der Waals surface area (Å²) in [5.74, 6) is 0.843. The number of piperazine rings is 1. The van der Waals surface area contributed by atoms with Gasteiger partial charge in [-0.1, -0.05) is 12.1 Å². The highest BCUT2D eigenvalue weighted by atomic mass is 19.1. The molecule has 5 heterocycles. The summed E-state index contributed by atoms with van der Waals surface area (Å²) in [5, 5.41) is 15.4. The van der Waals surface area contributed by atoms with Crippen LogP contribution >= 0.6 is 0 Å². The zero-order chi connectivity index (χ0) is 25.8. The Bertz CT molecular complexity index is 1360. The van der Waals surface area contributed by atoms with E-state index < -0.39 is 0 Å². The van der Waals surface area contributed by atoms with Crippen molar-refractivity contribution in [1.82, 2.24) is 20.2 Å². The van der Waals surface area contributed by atoms with Crippen LogP contribution in [0.4, 0.5) is 15.9 Å². The normalized spacial score (nSPS) is 25.3. The fourth-order valence-electron chi connectivity index (χ4n) is 6.84. The second-order valence-electron chi connectivity index (χ2n) is 11.4. The number of halogens is 1. The van der Waals surface area contributed by atoms with Gasteiger partial charge in [0.05, 0.1) is 17.9 Å². The number of likely N-dealkylation sites (tertiary alicyclic amines) is 1. The van der Waals surface area contributed by atoms with E-state index in [0.717, 1.165) is 49.6 Å². The molecule has 4 aliphatic rings. The first-order chi connectivity index (χ1) is 18.5. The van der Waals surface area contributed by atoms with Gasteiger partial charge in [-0.15, -0.1) is 0 Å². The number of phenolic OH excluding ortho intramolecular Hbond substituents is 1. The molecular formula is C29H35FN6O2. The second kappa shape index (κ2) is 9.54. The van der Waals surface area contributed by atoms with Gasteiger partial charge in [-0.2, -0.15) is 9.97 Å². The molecule has 0 radical (unpaired) electrons. The number of aromatic hydroxyl groups is 1. The van der Waals surface area contributed by atoms with E-state index in [-0.39, 0.29) is 11.6 Å². The van der Waals surface area contributed by atoms with Crippen LogP contribution in [0.2, 0.25) is 0 Å². The Kier molecular flexibility index (Phi) is 6.00. The van der Waals surface area contributed by atoms with E-state index in [4.69, 9.17) is 14.7 Å². The lowest BCUT2D eigenvalue weighted by atomic mass is 10.0. The Morgan fingerprint density at radius 3 is 2.71 bits per heavy atom. The van der Waals surface area contributed by atoms with E-state index in [1.807, 2.05) is 6.07 Å². The average molecular weight is 519 g/mol. The van der Waals surface area contributed by atoms with Gasteiger partial charge in [-0.3, -0.25) is 0 Å². The number of hydrogen-bond donors (Lipinski definition) is 2. The highest BCUT2D eigenvalue weighted by Gasteiger charge is 2.35. The summed E-state index contributed by atoms with van der Waals surface area (Å²) in [6.45, 7) is 4.76. The summed E-state index contributed by atoms with van der Waals surface area (Å²) in [4.78, 5) is 16.8. The summed E-state index contributed by atoms with van der Waals surface area (Å²) < 4.78 is 21.2. The average Bonchev–Trinajstić information content (AvgIpc) is 3.49. The van der Waals surface area contributed by atoms with E-state index in [9.17, 15) is 9.50 Å². The number of hydrogen-bond acceptors (Lipinski definition) is 8. The molecule has 2 bridgehead atoms. The third kappa shape index (κ3) is 4.31. The molecule has 0 spiro atoms. The molecule has 2 aromatic carbocycles. The minimum absolute atomic E-state index is 0.133. The van der Waals surface area contributed by atoms with Crippen LogP contribution in [0.3, 0.4) is 0 Å². The van der Waals surface area contributed by atoms with Crippen LogP contribution in [0.25, 0.3) is 10.8 Å². The summed E-state index contributed by atoms with van der Waals surface area (Å²) in [7, 11) is 2.15. The van der Waals surface area contributed by atoms with Crippen molar-refractivity contribution in [3.8, 4) is 11.8 Å². The first-order valence-electron chi connectivity index (χ1n) is 13.9. The molecule has 0 amide bonds. The summed E-state index contributed by atoms with van der Waals surface area (Å²) in [5.41, 5.74) is 2.78. The Morgan fingerprint density at radius 1 is 1.08 bits per heavy atom. The van der Waals surface area contributed by atoms with Crippen LogP contribution < -0.4 is 19.9 Å². The lowest BCUT2D eigenvalue weighted by molar-refractivity contribution is 0.187. The van der Waals surface area contributed by atoms with Crippen molar-refractivity contribution < 1.29 is 14.2 Å². The van der Waals surface area contributed by atoms with Gasteiger partial charge in [0, 0.05) is 54.8 Å². The van der Waals surface area contributed by atoms with Gasteiger partial charge in [0.1, 0.15) is 24.0 Å².